The highest BCUT2D eigenvalue weighted by atomic mass is 31.2. The minimum Gasteiger partial charge on any atom is -0.462 e. The number of ether oxygens (including phenoxy) is 2. The van der Waals surface area contributed by atoms with Gasteiger partial charge < -0.3 is 19.3 Å². The summed E-state index contributed by atoms with van der Waals surface area (Å²) in [4.78, 5) is 42.8. The summed E-state index contributed by atoms with van der Waals surface area (Å²) >= 11 is 0. The van der Waals surface area contributed by atoms with Gasteiger partial charge in [-0.2, -0.15) is 0 Å². The smallest absolute Gasteiger partial charge is 0.462 e. The molecule has 0 saturated heterocycles. The van der Waals surface area contributed by atoms with Crippen LogP contribution in [0.5, 0.6) is 0 Å². The van der Waals surface area contributed by atoms with Crippen LogP contribution in [0, 0.1) is 0 Å². The van der Waals surface area contributed by atoms with Gasteiger partial charge in [0.05, 0.1) is 6.61 Å². The number of carbonyl (C=O) groups is 2. The molecule has 0 aromatic heterocycles. The number of hydrogen-bond acceptors (Lipinski definition) is 6. The van der Waals surface area contributed by atoms with Crippen molar-refractivity contribution >= 4 is 19.8 Å². The van der Waals surface area contributed by atoms with Crippen LogP contribution in [0.25, 0.3) is 0 Å². The number of hydrogen-bond donors (Lipinski definition) is 2. The zero-order valence-electron chi connectivity index (χ0n) is 33.2. The van der Waals surface area contributed by atoms with Crippen molar-refractivity contribution < 1.29 is 37.9 Å². The summed E-state index contributed by atoms with van der Waals surface area (Å²) in [6.45, 7) is 3.63. The van der Waals surface area contributed by atoms with E-state index in [2.05, 4.69) is 67.0 Å². The van der Waals surface area contributed by atoms with E-state index >= 15 is 0 Å². The Morgan fingerprint density at radius 1 is 0.500 bits per heavy atom. The number of rotatable bonds is 38. The predicted molar refractivity (Wildman–Crippen MR) is 216 cm³/mol. The summed E-state index contributed by atoms with van der Waals surface area (Å²) in [5.74, 6) is -0.912. The van der Waals surface area contributed by atoms with E-state index in [0.717, 1.165) is 57.8 Å². The number of allylic oxidation sites excluding steroid dienone is 8. The summed E-state index contributed by atoms with van der Waals surface area (Å²) in [6, 6.07) is 0. The summed E-state index contributed by atoms with van der Waals surface area (Å²) in [6.07, 6.45) is 46.8. The number of carbonyl (C=O) groups excluding carboxylic acids is 2. The van der Waals surface area contributed by atoms with E-state index < -0.39 is 32.5 Å². The molecule has 9 heteroatoms. The fourth-order valence-corrected chi connectivity index (χ4v) is 6.03. The van der Waals surface area contributed by atoms with Gasteiger partial charge in [-0.15, -0.1) is 0 Å². The molecular weight excluding hydrogens is 675 g/mol. The Morgan fingerprint density at radius 2 is 0.865 bits per heavy atom. The Hall–Kier alpha value is -1.99. The van der Waals surface area contributed by atoms with Gasteiger partial charge in [-0.3, -0.25) is 14.1 Å². The molecule has 0 heterocycles. The Kier molecular flexibility index (Phi) is 37.2. The lowest BCUT2D eigenvalue weighted by Crippen LogP contribution is -2.29. The standard InChI is InChI=1S/C43H77O8P/c1-3-5-7-9-11-13-15-17-19-21-23-25-27-29-31-33-35-37-42(44)49-39-41(40-50-52(46,47)48)51-43(45)38-36-34-32-30-28-26-24-22-20-18-16-14-12-10-8-6-4-2/h11,13-14,16-17,19,23,25,41H,3-10,12,15,18,20-22,24,26-40H2,1-2H3,(H2,46,47,48)/b13-11+,16-14+,19-17+,25-23+/t41-/m1/s1. The predicted octanol–water partition coefficient (Wildman–Crippen LogP) is 12.7. The molecular formula is C43H77O8P. The first-order chi connectivity index (χ1) is 25.3. The lowest BCUT2D eigenvalue weighted by atomic mass is 10.1. The van der Waals surface area contributed by atoms with Gasteiger partial charge in [-0.25, -0.2) is 4.57 Å². The SMILES string of the molecule is CCCCC/C=C/C/C=C/C/C=C/CCCCCCC(=O)OC[C@H](COP(=O)(O)O)OC(=O)CCCCCCCCCCC/C=C/CCCCCC. The van der Waals surface area contributed by atoms with E-state index in [-0.39, 0.29) is 19.4 Å². The molecule has 0 fully saturated rings. The third-order valence-electron chi connectivity index (χ3n) is 8.82. The van der Waals surface area contributed by atoms with Gasteiger partial charge in [0.25, 0.3) is 0 Å². The molecule has 302 valence electrons. The van der Waals surface area contributed by atoms with Gasteiger partial charge in [0.15, 0.2) is 6.10 Å². The Balaban J connectivity index is 3.96. The molecule has 0 amide bonds. The fourth-order valence-electron chi connectivity index (χ4n) is 5.67. The quantitative estimate of drug-likeness (QED) is 0.0277. The molecule has 0 spiro atoms. The average Bonchev–Trinajstić information content (AvgIpc) is 3.11. The first-order valence-corrected chi connectivity index (χ1v) is 22.5. The van der Waals surface area contributed by atoms with Crippen LogP contribution in [0.1, 0.15) is 194 Å². The van der Waals surface area contributed by atoms with E-state index in [4.69, 9.17) is 19.3 Å². The largest absolute Gasteiger partial charge is 0.469 e. The lowest BCUT2D eigenvalue weighted by molar-refractivity contribution is -0.161. The van der Waals surface area contributed by atoms with Gasteiger partial charge in [0, 0.05) is 12.8 Å². The normalized spacial score (nSPS) is 12.9. The number of phosphoric acid groups is 1. The molecule has 0 unspecified atom stereocenters. The summed E-state index contributed by atoms with van der Waals surface area (Å²) in [5, 5.41) is 0. The molecule has 2 N–H and O–H groups in total. The number of phosphoric ester groups is 1. The molecule has 0 aliphatic heterocycles. The van der Waals surface area contributed by atoms with Crippen molar-refractivity contribution in [3.05, 3.63) is 48.6 Å². The van der Waals surface area contributed by atoms with E-state index in [1.54, 1.807) is 0 Å². The molecule has 0 aromatic rings. The van der Waals surface area contributed by atoms with Crippen LogP contribution in [-0.4, -0.2) is 41.0 Å². The van der Waals surface area contributed by atoms with Gasteiger partial charge >= 0.3 is 19.8 Å². The van der Waals surface area contributed by atoms with Crippen LogP contribution >= 0.6 is 7.82 Å². The Morgan fingerprint density at radius 3 is 1.35 bits per heavy atom. The second-order valence-corrected chi connectivity index (χ2v) is 15.2. The van der Waals surface area contributed by atoms with Crippen LogP contribution in [0.15, 0.2) is 48.6 Å². The lowest BCUT2D eigenvalue weighted by Gasteiger charge is -2.18. The maximum Gasteiger partial charge on any atom is 0.469 e. The zero-order valence-corrected chi connectivity index (χ0v) is 34.1. The van der Waals surface area contributed by atoms with E-state index in [1.165, 1.54) is 96.3 Å². The van der Waals surface area contributed by atoms with Crippen molar-refractivity contribution in [1.82, 2.24) is 0 Å². The van der Waals surface area contributed by atoms with E-state index in [9.17, 15) is 14.2 Å². The monoisotopic (exact) mass is 753 g/mol. The first kappa shape index (κ1) is 50.0. The molecule has 0 saturated carbocycles. The maximum absolute atomic E-state index is 12.4. The molecule has 8 nitrogen and oxygen atoms in total. The van der Waals surface area contributed by atoms with Crippen molar-refractivity contribution in [2.24, 2.45) is 0 Å². The fraction of sp³-hybridized carbons (Fsp3) is 0.767. The van der Waals surface area contributed by atoms with Crippen molar-refractivity contribution in [2.75, 3.05) is 13.2 Å². The number of unbranched alkanes of at least 4 members (excludes halogenated alkanes) is 20. The number of esters is 2. The third-order valence-corrected chi connectivity index (χ3v) is 9.31. The Bertz CT molecular complexity index is 984. The van der Waals surface area contributed by atoms with Crippen LogP contribution < -0.4 is 0 Å². The molecule has 0 aliphatic carbocycles. The molecule has 0 radical (unpaired) electrons. The molecule has 0 bridgehead atoms. The van der Waals surface area contributed by atoms with Crippen molar-refractivity contribution in [3.63, 3.8) is 0 Å². The van der Waals surface area contributed by atoms with Gasteiger partial charge in [0.1, 0.15) is 6.61 Å². The summed E-state index contributed by atoms with van der Waals surface area (Å²) < 4.78 is 26.4. The second kappa shape index (κ2) is 38.7. The van der Waals surface area contributed by atoms with Crippen molar-refractivity contribution in [1.29, 1.82) is 0 Å². The van der Waals surface area contributed by atoms with E-state index in [0.29, 0.717) is 12.8 Å². The maximum atomic E-state index is 12.4. The molecule has 52 heavy (non-hydrogen) atoms. The van der Waals surface area contributed by atoms with Crippen LogP contribution in [-0.2, 0) is 28.2 Å². The Labute approximate surface area is 318 Å². The molecule has 0 aromatic carbocycles. The molecule has 1 atom stereocenters. The summed E-state index contributed by atoms with van der Waals surface area (Å²) in [7, 11) is -4.76. The highest BCUT2D eigenvalue weighted by Crippen LogP contribution is 2.36. The van der Waals surface area contributed by atoms with Crippen LogP contribution in [0.3, 0.4) is 0 Å². The average molecular weight is 753 g/mol. The second-order valence-electron chi connectivity index (χ2n) is 14.0. The third kappa shape index (κ3) is 40.8. The zero-order chi connectivity index (χ0) is 38.2. The van der Waals surface area contributed by atoms with Crippen LogP contribution in [0.2, 0.25) is 0 Å². The van der Waals surface area contributed by atoms with E-state index in [1.807, 2.05) is 0 Å². The van der Waals surface area contributed by atoms with Gasteiger partial charge in [-0.1, -0.05) is 152 Å². The molecule has 0 rings (SSSR count). The topological polar surface area (TPSA) is 119 Å². The van der Waals surface area contributed by atoms with Gasteiger partial charge in [-0.05, 0) is 77.0 Å². The first-order valence-electron chi connectivity index (χ1n) is 20.9. The van der Waals surface area contributed by atoms with Crippen LogP contribution in [0.4, 0.5) is 0 Å². The molecule has 0 aliphatic rings. The highest BCUT2D eigenvalue weighted by molar-refractivity contribution is 7.46. The minimum atomic E-state index is -4.76. The van der Waals surface area contributed by atoms with Crippen molar-refractivity contribution in [3.8, 4) is 0 Å². The van der Waals surface area contributed by atoms with Crippen molar-refractivity contribution in [2.45, 2.75) is 200 Å². The highest BCUT2D eigenvalue weighted by Gasteiger charge is 2.22. The summed E-state index contributed by atoms with van der Waals surface area (Å²) in [5.41, 5.74) is 0. The minimum absolute atomic E-state index is 0.204. The van der Waals surface area contributed by atoms with Gasteiger partial charge in [0.2, 0.25) is 0 Å².